The van der Waals surface area contributed by atoms with E-state index in [1.165, 1.54) is 11.1 Å². The van der Waals surface area contributed by atoms with Crippen molar-refractivity contribution in [3.63, 3.8) is 0 Å². The first kappa shape index (κ1) is 14.1. The molecule has 0 atom stereocenters. The summed E-state index contributed by atoms with van der Waals surface area (Å²) in [6.45, 7) is 4.04. The molecule has 0 saturated heterocycles. The second-order valence-corrected chi connectivity index (χ2v) is 3.66. The summed E-state index contributed by atoms with van der Waals surface area (Å²) >= 11 is 0. The van der Waals surface area contributed by atoms with E-state index in [4.69, 9.17) is 0 Å². The third-order valence-electron chi connectivity index (χ3n) is 2.69. The van der Waals surface area contributed by atoms with Crippen molar-refractivity contribution >= 4 is 0 Å². The van der Waals surface area contributed by atoms with Gasteiger partial charge in [0.25, 0.3) is 0 Å². The summed E-state index contributed by atoms with van der Waals surface area (Å²) < 4.78 is 0. The summed E-state index contributed by atoms with van der Waals surface area (Å²) in [5.41, 5.74) is 2.69. The first-order chi connectivity index (χ1) is 7.42. The Morgan fingerprint density at radius 2 is 1.12 bits per heavy atom. The molecule has 0 amide bonds. The quantitative estimate of drug-likeness (QED) is 0.550. The Morgan fingerprint density at radius 1 is 0.750 bits per heavy atom. The second kappa shape index (κ2) is 7.41. The zero-order valence-electron chi connectivity index (χ0n) is 9.77. The molecule has 16 heavy (non-hydrogen) atoms. The maximum Gasteiger partial charge on any atom is 1.00 e. The first-order valence-electron chi connectivity index (χ1n) is 5.31. The van der Waals surface area contributed by atoms with Crippen LogP contribution < -0.4 is 51.4 Å². The predicted molar refractivity (Wildman–Crippen MR) is 64.7 cm³/mol. The maximum atomic E-state index is 4.04. The van der Waals surface area contributed by atoms with E-state index >= 15 is 0 Å². The van der Waals surface area contributed by atoms with Crippen molar-refractivity contribution in [3.8, 4) is 0 Å². The molecule has 2 rings (SSSR count). The number of hydrogen-bond acceptors (Lipinski definition) is 0. The molecule has 76 valence electrons. The van der Waals surface area contributed by atoms with Gasteiger partial charge in [-0.05, 0) is 17.0 Å². The average Bonchev–Trinajstić information content (AvgIpc) is 2.33. The minimum absolute atomic E-state index is 0. The molecule has 0 radical (unpaired) electrons. The Kier molecular flexibility index (Phi) is 6.55. The van der Waals surface area contributed by atoms with Crippen molar-refractivity contribution < 1.29 is 51.4 Å². The van der Waals surface area contributed by atoms with Gasteiger partial charge in [0.05, 0.1) is 0 Å². The van der Waals surface area contributed by atoms with Crippen molar-refractivity contribution in [3.05, 3.63) is 78.7 Å². The topological polar surface area (TPSA) is 0 Å². The van der Waals surface area contributed by atoms with E-state index in [1.54, 1.807) is 0 Å². The molecular weight excluding hydrogens is 219 g/mol. The van der Waals surface area contributed by atoms with Gasteiger partial charge in [-0.15, -0.1) is 0 Å². The van der Waals surface area contributed by atoms with Crippen LogP contribution in [0.15, 0.2) is 60.7 Å². The Bertz CT molecular complexity index is 355. The molecule has 0 spiro atoms. The molecule has 0 fully saturated rings. The number of hydrogen-bond donors (Lipinski definition) is 0. The van der Waals surface area contributed by atoms with Gasteiger partial charge in [-0.2, -0.15) is 6.42 Å². The smallest absolute Gasteiger partial charge is 0.342 e. The molecule has 0 aromatic heterocycles. The fourth-order valence-electron chi connectivity index (χ4n) is 1.90. The predicted octanol–water partition coefficient (Wildman–Crippen LogP) is 1.05. The summed E-state index contributed by atoms with van der Waals surface area (Å²) in [5, 5.41) is 0. The molecule has 0 unspecified atom stereocenters. The zero-order valence-corrected chi connectivity index (χ0v) is 12.9. The summed E-state index contributed by atoms with van der Waals surface area (Å²) in [6, 6.07) is 21.1. The van der Waals surface area contributed by atoms with E-state index in [0.29, 0.717) is 5.92 Å². The van der Waals surface area contributed by atoms with Crippen LogP contribution in [0.4, 0.5) is 0 Å². The maximum absolute atomic E-state index is 4.04. The van der Waals surface area contributed by atoms with Gasteiger partial charge >= 0.3 is 51.4 Å². The van der Waals surface area contributed by atoms with E-state index in [-0.39, 0.29) is 51.4 Å². The van der Waals surface area contributed by atoms with Crippen molar-refractivity contribution in [1.82, 2.24) is 0 Å². The van der Waals surface area contributed by atoms with E-state index in [2.05, 4.69) is 67.6 Å². The molecule has 0 aliphatic heterocycles. The summed E-state index contributed by atoms with van der Waals surface area (Å²) in [4.78, 5) is 0. The minimum atomic E-state index is 0. The van der Waals surface area contributed by atoms with Crippen LogP contribution >= 0.6 is 0 Å². The van der Waals surface area contributed by atoms with Crippen LogP contribution in [0.5, 0.6) is 0 Å². The molecule has 0 heterocycles. The summed E-state index contributed by atoms with van der Waals surface area (Å²) in [7, 11) is 0. The van der Waals surface area contributed by atoms with Gasteiger partial charge < -0.3 is 6.92 Å². The van der Waals surface area contributed by atoms with Gasteiger partial charge in [-0.1, -0.05) is 60.7 Å². The second-order valence-electron chi connectivity index (χ2n) is 3.66. The van der Waals surface area contributed by atoms with Crippen molar-refractivity contribution in [2.24, 2.45) is 0 Å². The van der Waals surface area contributed by atoms with Gasteiger partial charge in [0.1, 0.15) is 0 Å². The van der Waals surface area contributed by atoms with Crippen molar-refractivity contribution in [1.29, 1.82) is 0 Å². The van der Waals surface area contributed by atoms with Gasteiger partial charge in [0.2, 0.25) is 0 Å². The van der Waals surface area contributed by atoms with Crippen LogP contribution in [0, 0.1) is 6.92 Å². The van der Waals surface area contributed by atoms with E-state index in [1.807, 2.05) is 0 Å². The van der Waals surface area contributed by atoms with Gasteiger partial charge in [0, 0.05) is 0 Å². The zero-order chi connectivity index (χ0) is 10.5. The fourth-order valence-corrected chi connectivity index (χ4v) is 1.90. The van der Waals surface area contributed by atoms with Crippen LogP contribution in [0.1, 0.15) is 23.5 Å². The van der Waals surface area contributed by atoms with Gasteiger partial charge in [-0.3, -0.25) is 0 Å². The van der Waals surface area contributed by atoms with Crippen LogP contribution in [0.25, 0.3) is 0 Å². The standard InChI is InChI=1S/C15H15.K/c1-2-15(13-9-5-3-6-10-13)14-11-7-4-8-12-14;/h3-12,15H,1-2H2;/q-1;+1. The molecule has 0 bridgehead atoms. The number of rotatable bonds is 3. The third kappa shape index (κ3) is 3.54. The molecular formula is C15H15K. The molecule has 0 aliphatic carbocycles. The van der Waals surface area contributed by atoms with Crippen LogP contribution in [0.2, 0.25) is 0 Å². The van der Waals surface area contributed by atoms with E-state index in [0.717, 1.165) is 6.42 Å². The molecule has 0 nitrogen and oxygen atoms in total. The average molecular weight is 234 g/mol. The molecule has 0 aliphatic rings. The SMILES string of the molecule is [CH2-]CC(c1ccccc1)c1ccccc1.[K+]. The van der Waals surface area contributed by atoms with Crippen LogP contribution in [-0.4, -0.2) is 0 Å². The molecule has 0 saturated carbocycles. The minimum Gasteiger partial charge on any atom is -0.342 e. The van der Waals surface area contributed by atoms with Gasteiger partial charge in [0.15, 0.2) is 0 Å². The van der Waals surface area contributed by atoms with Crippen LogP contribution in [0.3, 0.4) is 0 Å². The fraction of sp³-hybridized carbons (Fsp3) is 0.133. The Balaban J connectivity index is 0.00000128. The monoisotopic (exact) mass is 234 g/mol. The Hall–Kier alpha value is 0.0764. The molecule has 2 aromatic rings. The number of benzene rings is 2. The van der Waals surface area contributed by atoms with E-state index in [9.17, 15) is 0 Å². The first-order valence-corrected chi connectivity index (χ1v) is 5.31. The molecule has 1 heteroatoms. The normalized spacial score (nSPS) is 9.88. The largest absolute Gasteiger partial charge is 1.00 e. The third-order valence-corrected chi connectivity index (χ3v) is 2.69. The van der Waals surface area contributed by atoms with Crippen molar-refractivity contribution in [2.45, 2.75) is 12.3 Å². The van der Waals surface area contributed by atoms with Crippen molar-refractivity contribution in [2.75, 3.05) is 0 Å². The Labute approximate surface area is 141 Å². The Morgan fingerprint density at radius 3 is 1.44 bits per heavy atom. The van der Waals surface area contributed by atoms with Gasteiger partial charge in [-0.25, -0.2) is 0 Å². The molecule has 2 aromatic carbocycles. The summed E-state index contributed by atoms with van der Waals surface area (Å²) in [6.07, 6.45) is 0.897. The van der Waals surface area contributed by atoms with Crippen LogP contribution in [-0.2, 0) is 0 Å². The van der Waals surface area contributed by atoms with E-state index < -0.39 is 0 Å². The summed E-state index contributed by atoms with van der Waals surface area (Å²) in [5.74, 6) is 0.424. The molecule has 0 N–H and O–H groups in total.